The minimum absolute atomic E-state index is 0.0361. The van der Waals surface area contributed by atoms with Gasteiger partial charge < -0.3 is 10.1 Å². The topological polar surface area (TPSA) is 73.2 Å². The fourth-order valence-electron chi connectivity index (χ4n) is 2.42. The first-order valence-electron chi connectivity index (χ1n) is 7.79. The predicted octanol–water partition coefficient (Wildman–Crippen LogP) is 3.02. The number of esters is 1. The Balaban J connectivity index is 1.59. The standard InChI is InChI=1S/C17H18ClN3O3/c1-21-15(9-14(20-21)11-5-7-13(18)8-6-11)19-16(22)10-24-17(23)12-3-2-4-12/h5-9,12H,2-4,10H2,1H3,(H,19,22). The molecule has 1 aromatic carbocycles. The highest BCUT2D eigenvalue weighted by molar-refractivity contribution is 6.30. The van der Waals surface area contributed by atoms with Gasteiger partial charge in [-0.05, 0) is 25.0 Å². The zero-order valence-corrected chi connectivity index (χ0v) is 14.0. The van der Waals surface area contributed by atoms with E-state index in [9.17, 15) is 9.59 Å². The van der Waals surface area contributed by atoms with Gasteiger partial charge in [0.25, 0.3) is 5.91 Å². The number of aryl methyl sites for hydroxylation is 1. The van der Waals surface area contributed by atoms with Gasteiger partial charge >= 0.3 is 5.97 Å². The molecule has 0 aliphatic heterocycles. The van der Waals surface area contributed by atoms with Gasteiger partial charge in [0.05, 0.1) is 11.6 Å². The van der Waals surface area contributed by atoms with E-state index in [1.54, 1.807) is 29.9 Å². The molecule has 126 valence electrons. The number of carbonyl (C=O) groups is 2. The summed E-state index contributed by atoms with van der Waals surface area (Å²) in [6.07, 6.45) is 2.76. The zero-order chi connectivity index (χ0) is 17.1. The molecule has 1 N–H and O–H groups in total. The van der Waals surface area contributed by atoms with Crippen molar-refractivity contribution < 1.29 is 14.3 Å². The SMILES string of the molecule is Cn1nc(-c2ccc(Cl)cc2)cc1NC(=O)COC(=O)C1CCC1. The van der Waals surface area contributed by atoms with E-state index >= 15 is 0 Å². The summed E-state index contributed by atoms with van der Waals surface area (Å²) in [4.78, 5) is 23.6. The molecule has 7 heteroatoms. The molecule has 0 atom stereocenters. The molecule has 24 heavy (non-hydrogen) atoms. The molecule has 1 aliphatic carbocycles. The van der Waals surface area contributed by atoms with E-state index in [1.807, 2.05) is 12.1 Å². The fraction of sp³-hybridized carbons (Fsp3) is 0.353. The predicted molar refractivity (Wildman–Crippen MR) is 90.6 cm³/mol. The monoisotopic (exact) mass is 347 g/mol. The number of hydrogen-bond donors (Lipinski definition) is 1. The Kier molecular flexibility index (Phi) is 4.85. The van der Waals surface area contributed by atoms with Crippen LogP contribution in [0.5, 0.6) is 0 Å². The lowest BCUT2D eigenvalue weighted by molar-refractivity contribution is -0.154. The molecule has 1 aromatic heterocycles. The van der Waals surface area contributed by atoms with E-state index in [0.29, 0.717) is 10.8 Å². The maximum absolute atomic E-state index is 11.9. The molecule has 2 aromatic rings. The maximum Gasteiger partial charge on any atom is 0.309 e. The summed E-state index contributed by atoms with van der Waals surface area (Å²) in [6.45, 7) is -0.281. The van der Waals surface area contributed by atoms with Crippen LogP contribution < -0.4 is 5.32 Å². The van der Waals surface area contributed by atoms with Gasteiger partial charge in [-0.25, -0.2) is 0 Å². The van der Waals surface area contributed by atoms with Gasteiger partial charge in [-0.2, -0.15) is 5.10 Å². The summed E-state index contributed by atoms with van der Waals surface area (Å²) >= 11 is 5.88. The van der Waals surface area contributed by atoms with Crippen molar-refractivity contribution in [1.82, 2.24) is 9.78 Å². The van der Waals surface area contributed by atoms with Crippen LogP contribution in [-0.2, 0) is 21.4 Å². The molecule has 0 radical (unpaired) electrons. The first-order valence-corrected chi connectivity index (χ1v) is 8.17. The molecule has 1 fully saturated rings. The van der Waals surface area contributed by atoms with Crippen LogP contribution in [0.3, 0.4) is 0 Å². The van der Waals surface area contributed by atoms with E-state index in [2.05, 4.69) is 10.4 Å². The second kappa shape index (κ2) is 7.05. The number of carbonyl (C=O) groups excluding carboxylic acids is 2. The highest BCUT2D eigenvalue weighted by Crippen LogP contribution is 2.27. The summed E-state index contributed by atoms with van der Waals surface area (Å²) in [6, 6.07) is 9.04. The van der Waals surface area contributed by atoms with Crippen molar-refractivity contribution in [3.05, 3.63) is 35.4 Å². The molecule has 0 saturated heterocycles. The number of hydrogen-bond acceptors (Lipinski definition) is 4. The molecule has 1 amide bonds. The number of halogens is 1. The van der Waals surface area contributed by atoms with Crippen molar-refractivity contribution in [3.63, 3.8) is 0 Å². The van der Waals surface area contributed by atoms with Gasteiger partial charge in [0, 0.05) is 23.7 Å². The van der Waals surface area contributed by atoms with E-state index in [4.69, 9.17) is 16.3 Å². The molecular formula is C17H18ClN3O3. The Labute approximate surface area is 144 Å². The van der Waals surface area contributed by atoms with Gasteiger partial charge in [-0.15, -0.1) is 0 Å². The highest BCUT2D eigenvalue weighted by atomic mass is 35.5. The minimum Gasteiger partial charge on any atom is -0.455 e. The van der Waals surface area contributed by atoms with Gasteiger partial charge in [0.2, 0.25) is 0 Å². The molecule has 0 bridgehead atoms. The van der Waals surface area contributed by atoms with Crippen LogP contribution >= 0.6 is 11.6 Å². The third-order valence-electron chi connectivity index (χ3n) is 4.07. The fourth-order valence-corrected chi connectivity index (χ4v) is 2.55. The molecule has 6 nitrogen and oxygen atoms in total. The Bertz CT molecular complexity index is 751. The normalized spacial score (nSPS) is 14.1. The number of anilines is 1. The lowest BCUT2D eigenvalue weighted by Gasteiger charge is -2.22. The molecular weight excluding hydrogens is 330 g/mol. The van der Waals surface area contributed by atoms with Crippen molar-refractivity contribution in [2.24, 2.45) is 13.0 Å². The Morgan fingerprint density at radius 1 is 1.33 bits per heavy atom. The van der Waals surface area contributed by atoms with Crippen LogP contribution in [0, 0.1) is 5.92 Å². The summed E-state index contributed by atoms with van der Waals surface area (Å²) < 4.78 is 6.59. The maximum atomic E-state index is 11.9. The van der Waals surface area contributed by atoms with Crippen LogP contribution in [0.4, 0.5) is 5.82 Å². The molecule has 1 aliphatic rings. The van der Waals surface area contributed by atoms with Crippen molar-refractivity contribution in [2.75, 3.05) is 11.9 Å². The highest BCUT2D eigenvalue weighted by Gasteiger charge is 2.27. The third-order valence-corrected chi connectivity index (χ3v) is 4.32. The van der Waals surface area contributed by atoms with Crippen molar-refractivity contribution in [2.45, 2.75) is 19.3 Å². The lowest BCUT2D eigenvalue weighted by atomic mass is 9.86. The summed E-state index contributed by atoms with van der Waals surface area (Å²) in [5.74, 6) is -0.174. The number of ether oxygens (including phenoxy) is 1. The summed E-state index contributed by atoms with van der Waals surface area (Å²) in [5.41, 5.74) is 1.61. The smallest absolute Gasteiger partial charge is 0.309 e. The van der Waals surface area contributed by atoms with Crippen molar-refractivity contribution in [1.29, 1.82) is 0 Å². The molecule has 0 unspecified atom stereocenters. The van der Waals surface area contributed by atoms with Crippen LogP contribution in [0.15, 0.2) is 30.3 Å². The van der Waals surface area contributed by atoms with Crippen molar-refractivity contribution >= 4 is 29.3 Å². The third kappa shape index (κ3) is 3.76. The Hall–Kier alpha value is -2.34. The van der Waals surface area contributed by atoms with Gasteiger partial charge in [-0.1, -0.05) is 30.2 Å². The number of nitrogens with zero attached hydrogens (tertiary/aromatic N) is 2. The average Bonchev–Trinajstić information content (AvgIpc) is 2.85. The van der Waals surface area contributed by atoms with Gasteiger partial charge in [-0.3, -0.25) is 14.3 Å². The first-order chi connectivity index (χ1) is 11.5. The van der Waals surface area contributed by atoms with Crippen LogP contribution in [0.25, 0.3) is 11.3 Å². The van der Waals surface area contributed by atoms with E-state index < -0.39 is 0 Å². The first kappa shape index (κ1) is 16.5. The lowest BCUT2D eigenvalue weighted by Crippen LogP contribution is -2.28. The van der Waals surface area contributed by atoms with E-state index in [-0.39, 0.29) is 24.4 Å². The number of amides is 1. The Morgan fingerprint density at radius 3 is 2.67 bits per heavy atom. The van der Waals surface area contributed by atoms with E-state index in [1.165, 1.54) is 0 Å². The number of rotatable bonds is 5. The van der Waals surface area contributed by atoms with Crippen LogP contribution in [0.1, 0.15) is 19.3 Å². The second-order valence-electron chi connectivity index (χ2n) is 5.83. The minimum atomic E-state index is -0.381. The van der Waals surface area contributed by atoms with Gasteiger partial charge in [0.15, 0.2) is 6.61 Å². The van der Waals surface area contributed by atoms with E-state index in [0.717, 1.165) is 30.5 Å². The van der Waals surface area contributed by atoms with Crippen molar-refractivity contribution in [3.8, 4) is 11.3 Å². The Morgan fingerprint density at radius 2 is 2.04 bits per heavy atom. The molecule has 1 heterocycles. The summed E-state index contributed by atoms with van der Waals surface area (Å²) in [7, 11) is 1.73. The average molecular weight is 348 g/mol. The summed E-state index contributed by atoms with van der Waals surface area (Å²) in [5, 5.41) is 7.71. The number of aromatic nitrogens is 2. The largest absolute Gasteiger partial charge is 0.455 e. The van der Waals surface area contributed by atoms with Crippen LogP contribution in [0.2, 0.25) is 5.02 Å². The second-order valence-corrected chi connectivity index (χ2v) is 6.27. The van der Waals surface area contributed by atoms with Crippen LogP contribution in [-0.4, -0.2) is 28.3 Å². The zero-order valence-electron chi connectivity index (χ0n) is 13.3. The number of nitrogens with one attached hydrogen (secondary N) is 1. The number of benzene rings is 1. The van der Waals surface area contributed by atoms with Gasteiger partial charge in [0.1, 0.15) is 5.82 Å². The molecule has 3 rings (SSSR count). The molecule has 1 saturated carbocycles. The molecule has 0 spiro atoms. The quantitative estimate of drug-likeness (QED) is 0.844.